The largest absolute Gasteiger partial charge is 0.490 e. The zero-order chi connectivity index (χ0) is 34.8. The molecule has 0 aromatic heterocycles. The normalized spacial score (nSPS) is 15.9. The first-order chi connectivity index (χ1) is 23.8. The molecule has 1 aliphatic carbocycles. The number of para-hydroxylation sites is 1. The summed E-state index contributed by atoms with van der Waals surface area (Å²) in [5.41, 5.74) is 4.08. The molecule has 49 heavy (non-hydrogen) atoms. The van der Waals surface area contributed by atoms with Crippen molar-refractivity contribution in [2.24, 2.45) is 0 Å². The average molecular weight is 733 g/mol. The Morgan fingerprint density at radius 3 is 2.39 bits per heavy atom. The summed E-state index contributed by atoms with van der Waals surface area (Å²) in [4.78, 5) is 28.2. The molecule has 3 aromatic carbocycles. The molecule has 1 saturated carbocycles. The van der Waals surface area contributed by atoms with E-state index in [4.69, 9.17) is 58.5 Å². The Bertz CT molecular complexity index is 1610. The van der Waals surface area contributed by atoms with Crippen LogP contribution in [0.4, 0.5) is 4.79 Å². The summed E-state index contributed by atoms with van der Waals surface area (Å²) in [6.07, 6.45) is 1.94. The Morgan fingerprint density at radius 2 is 1.69 bits per heavy atom. The SMILES string of the molecule is CNC(=O)OCc1ccc(Cl)c(CN(C(=O)C2=C(c3ccc(OCCOc4c(Cl)cccc4Cl)cc3)CCN[C@@H]2COCOC)C2CC2)c1. The molecular formula is C36H40Cl3N3O7. The smallest absolute Gasteiger partial charge is 0.407 e. The first-order valence-corrected chi connectivity index (χ1v) is 17.2. The van der Waals surface area contributed by atoms with Crippen molar-refractivity contribution in [2.75, 3.05) is 47.3 Å². The van der Waals surface area contributed by atoms with Gasteiger partial charge in [-0.3, -0.25) is 4.79 Å². The maximum atomic E-state index is 14.6. The maximum absolute atomic E-state index is 14.6. The molecule has 0 unspecified atom stereocenters. The number of carbonyl (C=O) groups excluding carboxylic acids is 2. The fourth-order valence-corrected chi connectivity index (χ4v) is 6.30. The van der Waals surface area contributed by atoms with Crippen molar-refractivity contribution in [3.05, 3.63) is 98.0 Å². The lowest BCUT2D eigenvalue weighted by atomic mass is 9.88. The van der Waals surface area contributed by atoms with E-state index in [2.05, 4.69) is 10.6 Å². The third-order valence-corrected chi connectivity index (χ3v) is 9.11. The van der Waals surface area contributed by atoms with E-state index in [9.17, 15) is 9.59 Å². The van der Waals surface area contributed by atoms with Gasteiger partial charge in [-0.15, -0.1) is 0 Å². The number of carbonyl (C=O) groups is 2. The average Bonchev–Trinajstić information content (AvgIpc) is 3.95. The second-order valence-electron chi connectivity index (χ2n) is 11.6. The molecule has 1 fully saturated rings. The van der Waals surface area contributed by atoms with Crippen LogP contribution >= 0.6 is 34.8 Å². The minimum atomic E-state index is -0.523. The first kappa shape index (κ1) is 36.8. The molecule has 2 N–H and O–H groups in total. The van der Waals surface area contributed by atoms with Crippen molar-refractivity contribution < 1.29 is 33.3 Å². The van der Waals surface area contributed by atoms with Crippen LogP contribution < -0.4 is 20.1 Å². The van der Waals surface area contributed by atoms with Crippen molar-refractivity contribution in [3.8, 4) is 11.5 Å². The summed E-state index contributed by atoms with van der Waals surface area (Å²) in [5.74, 6) is 1.01. The lowest BCUT2D eigenvalue weighted by Crippen LogP contribution is -2.47. The van der Waals surface area contributed by atoms with Gasteiger partial charge in [0.1, 0.15) is 32.4 Å². The van der Waals surface area contributed by atoms with E-state index in [0.29, 0.717) is 51.7 Å². The molecule has 0 spiro atoms. The van der Waals surface area contributed by atoms with Crippen LogP contribution in [-0.2, 0) is 32.2 Å². The Morgan fingerprint density at radius 1 is 0.959 bits per heavy atom. The van der Waals surface area contributed by atoms with Gasteiger partial charge in [-0.2, -0.15) is 0 Å². The number of alkyl carbamates (subject to hydrolysis) is 1. The third-order valence-electron chi connectivity index (χ3n) is 8.15. The Kier molecular flexibility index (Phi) is 13.5. The van der Waals surface area contributed by atoms with Gasteiger partial charge in [-0.1, -0.05) is 59.1 Å². The van der Waals surface area contributed by atoms with E-state index < -0.39 is 6.09 Å². The Labute approximate surface area is 301 Å². The summed E-state index contributed by atoms with van der Waals surface area (Å²) in [7, 11) is 3.07. The number of benzene rings is 3. The quantitative estimate of drug-likeness (QED) is 0.121. The van der Waals surface area contributed by atoms with Crippen LogP contribution in [-0.4, -0.2) is 76.3 Å². The van der Waals surface area contributed by atoms with E-state index in [1.807, 2.05) is 41.3 Å². The van der Waals surface area contributed by atoms with Crippen LogP contribution in [0.15, 0.2) is 66.2 Å². The van der Waals surface area contributed by atoms with E-state index >= 15 is 0 Å². The van der Waals surface area contributed by atoms with Crippen molar-refractivity contribution >= 4 is 52.4 Å². The number of halogens is 3. The standard InChI is InChI=1S/C36H40Cl3N3O7/c1-40-36(44)49-20-23-6-13-29(37)25(18-23)19-42(26-9-10-26)35(43)33-28(14-15-41-32(33)21-46-22-45-2)24-7-11-27(12-8-24)47-16-17-48-34-30(38)4-3-5-31(34)39/h3-8,11-13,18,26,32,41H,9-10,14-17,19-22H2,1-2H3,(H,40,44)/t32-/m1/s1. The monoisotopic (exact) mass is 731 g/mol. The minimum absolute atomic E-state index is 0.0745. The number of rotatable bonds is 16. The molecule has 3 aromatic rings. The molecule has 2 amide bonds. The molecule has 0 saturated heterocycles. The predicted octanol–water partition coefficient (Wildman–Crippen LogP) is 6.89. The van der Waals surface area contributed by atoms with Gasteiger partial charge < -0.3 is 39.2 Å². The highest BCUT2D eigenvalue weighted by atomic mass is 35.5. The highest BCUT2D eigenvalue weighted by molar-refractivity contribution is 6.37. The van der Waals surface area contributed by atoms with Gasteiger partial charge in [0.2, 0.25) is 0 Å². The number of nitrogens with one attached hydrogen (secondary N) is 2. The number of hydrogen-bond acceptors (Lipinski definition) is 8. The van der Waals surface area contributed by atoms with Crippen molar-refractivity contribution in [2.45, 2.75) is 44.5 Å². The fourth-order valence-electron chi connectivity index (χ4n) is 5.62. The molecule has 1 aliphatic heterocycles. The van der Waals surface area contributed by atoms with Gasteiger partial charge in [-0.25, -0.2) is 4.79 Å². The summed E-state index contributed by atoms with van der Waals surface area (Å²) >= 11 is 19.0. The van der Waals surface area contributed by atoms with Gasteiger partial charge in [-0.05, 0) is 84.5 Å². The molecule has 13 heteroatoms. The zero-order valence-corrected chi connectivity index (χ0v) is 29.7. The highest BCUT2D eigenvalue weighted by Gasteiger charge is 2.38. The molecule has 5 rings (SSSR count). The Hall–Kier alpha value is -3.51. The second-order valence-corrected chi connectivity index (χ2v) is 12.8. The molecule has 10 nitrogen and oxygen atoms in total. The highest BCUT2D eigenvalue weighted by Crippen LogP contribution is 2.36. The number of hydrogen-bond donors (Lipinski definition) is 2. The molecular weight excluding hydrogens is 693 g/mol. The number of methoxy groups -OCH3 is 1. The van der Waals surface area contributed by atoms with Gasteiger partial charge in [0, 0.05) is 37.3 Å². The van der Waals surface area contributed by atoms with E-state index in [1.54, 1.807) is 31.4 Å². The van der Waals surface area contributed by atoms with Crippen LogP contribution in [0.1, 0.15) is 36.0 Å². The number of ether oxygens (including phenoxy) is 5. The van der Waals surface area contributed by atoms with Crippen LogP contribution in [0.2, 0.25) is 15.1 Å². The van der Waals surface area contributed by atoms with E-state index in [0.717, 1.165) is 35.1 Å². The molecule has 1 atom stereocenters. The summed E-state index contributed by atoms with van der Waals surface area (Å²) in [6, 6.07) is 18.1. The van der Waals surface area contributed by atoms with Crippen LogP contribution in [0.3, 0.4) is 0 Å². The van der Waals surface area contributed by atoms with Crippen LogP contribution in [0.25, 0.3) is 5.57 Å². The van der Waals surface area contributed by atoms with Crippen molar-refractivity contribution in [1.82, 2.24) is 15.5 Å². The van der Waals surface area contributed by atoms with Crippen LogP contribution in [0.5, 0.6) is 11.5 Å². The number of amides is 2. The topological polar surface area (TPSA) is 108 Å². The van der Waals surface area contributed by atoms with Gasteiger partial charge in [0.25, 0.3) is 5.91 Å². The number of nitrogens with zero attached hydrogens (tertiary/aromatic N) is 1. The molecule has 0 bridgehead atoms. The molecule has 262 valence electrons. The lowest BCUT2D eigenvalue weighted by Gasteiger charge is -2.33. The first-order valence-electron chi connectivity index (χ1n) is 16.0. The van der Waals surface area contributed by atoms with Crippen molar-refractivity contribution in [3.63, 3.8) is 0 Å². The predicted molar refractivity (Wildman–Crippen MR) is 189 cm³/mol. The van der Waals surface area contributed by atoms with Gasteiger partial charge in [0.05, 0.1) is 22.7 Å². The Balaban J connectivity index is 1.35. The summed E-state index contributed by atoms with van der Waals surface area (Å²) in [5, 5.41) is 7.34. The summed E-state index contributed by atoms with van der Waals surface area (Å²) in [6.45, 7) is 1.99. The molecule has 0 radical (unpaired) electrons. The van der Waals surface area contributed by atoms with E-state index in [1.165, 1.54) is 7.05 Å². The lowest BCUT2D eigenvalue weighted by molar-refractivity contribution is -0.129. The molecule has 1 heterocycles. The fraction of sp³-hybridized carbons (Fsp3) is 0.389. The van der Waals surface area contributed by atoms with Crippen molar-refractivity contribution in [1.29, 1.82) is 0 Å². The zero-order valence-electron chi connectivity index (χ0n) is 27.4. The van der Waals surface area contributed by atoms with E-state index in [-0.39, 0.29) is 51.2 Å². The third kappa shape index (κ3) is 10.0. The van der Waals surface area contributed by atoms with Gasteiger partial charge >= 0.3 is 6.09 Å². The van der Waals surface area contributed by atoms with Crippen LogP contribution in [0, 0.1) is 0 Å². The second kappa shape index (κ2) is 17.9. The van der Waals surface area contributed by atoms with Gasteiger partial charge in [0.15, 0.2) is 5.75 Å². The summed E-state index contributed by atoms with van der Waals surface area (Å²) < 4.78 is 27.8. The minimum Gasteiger partial charge on any atom is -0.490 e. The maximum Gasteiger partial charge on any atom is 0.407 e. The molecule has 2 aliphatic rings.